The molecule has 1 aromatic heterocycles. The quantitative estimate of drug-likeness (QED) is 0.743. The molecular formula is C10H16N4O2. The number of hydrogen-bond acceptors (Lipinski definition) is 5. The molecule has 0 bridgehead atoms. The zero-order chi connectivity index (χ0) is 11.6. The number of aryl methyl sites for hydroxylation is 1. The Bertz CT molecular complexity index is 382. The molecule has 0 aliphatic carbocycles. The van der Waals surface area contributed by atoms with Gasteiger partial charge in [-0.05, 0) is 12.8 Å². The molecule has 0 aromatic carbocycles. The van der Waals surface area contributed by atoms with E-state index in [2.05, 4.69) is 10.1 Å². The average Bonchev–Trinajstić information content (AvgIpc) is 2.65. The molecule has 6 nitrogen and oxygen atoms in total. The van der Waals surface area contributed by atoms with Crippen molar-refractivity contribution in [2.45, 2.75) is 24.8 Å². The Balaban J connectivity index is 2.05. The van der Waals surface area contributed by atoms with Crippen LogP contribution in [0.5, 0.6) is 0 Å². The molecular weight excluding hydrogens is 208 g/mol. The van der Waals surface area contributed by atoms with E-state index < -0.39 is 5.54 Å². The Labute approximate surface area is 93.8 Å². The van der Waals surface area contributed by atoms with Gasteiger partial charge in [0.1, 0.15) is 12.2 Å². The zero-order valence-electron chi connectivity index (χ0n) is 9.35. The van der Waals surface area contributed by atoms with Gasteiger partial charge >= 0.3 is 0 Å². The van der Waals surface area contributed by atoms with E-state index in [1.54, 1.807) is 11.7 Å². The second-order valence-corrected chi connectivity index (χ2v) is 4.17. The first-order valence-electron chi connectivity index (χ1n) is 5.35. The van der Waals surface area contributed by atoms with Gasteiger partial charge in [0.15, 0.2) is 5.78 Å². The molecule has 16 heavy (non-hydrogen) atoms. The van der Waals surface area contributed by atoms with Gasteiger partial charge in [0.05, 0.1) is 12.0 Å². The van der Waals surface area contributed by atoms with Crippen LogP contribution in [-0.2, 0) is 23.0 Å². The number of rotatable bonds is 3. The second kappa shape index (κ2) is 4.31. The first kappa shape index (κ1) is 11.2. The van der Waals surface area contributed by atoms with Gasteiger partial charge < -0.3 is 10.5 Å². The summed E-state index contributed by atoms with van der Waals surface area (Å²) in [6.07, 6.45) is 2.86. The second-order valence-electron chi connectivity index (χ2n) is 4.17. The maximum absolute atomic E-state index is 12.1. The lowest BCUT2D eigenvalue weighted by atomic mass is 9.85. The first-order valence-corrected chi connectivity index (χ1v) is 5.35. The van der Waals surface area contributed by atoms with Crippen molar-refractivity contribution in [3.63, 3.8) is 0 Å². The molecule has 1 saturated heterocycles. The van der Waals surface area contributed by atoms with Crippen molar-refractivity contribution in [2.24, 2.45) is 12.8 Å². The highest BCUT2D eigenvalue weighted by molar-refractivity contribution is 5.89. The Morgan fingerprint density at radius 2 is 2.31 bits per heavy atom. The Kier molecular flexibility index (Phi) is 3.02. The molecule has 0 atom stereocenters. The van der Waals surface area contributed by atoms with Crippen LogP contribution in [0.4, 0.5) is 0 Å². The van der Waals surface area contributed by atoms with Gasteiger partial charge in [-0.15, -0.1) is 0 Å². The van der Waals surface area contributed by atoms with Gasteiger partial charge in [-0.25, -0.2) is 4.98 Å². The largest absolute Gasteiger partial charge is 0.381 e. The van der Waals surface area contributed by atoms with E-state index in [1.165, 1.54) is 6.33 Å². The van der Waals surface area contributed by atoms with Crippen LogP contribution in [0, 0.1) is 0 Å². The topological polar surface area (TPSA) is 83.0 Å². The van der Waals surface area contributed by atoms with Gasteiger partial charge in [0.2, 0.25) is 0 Å². The predicted molar refractivity (Wildman–Crippen MR) is 56.7 cm³/mol. The average molecular weight is 224 g/mol. The summed E-state index contributed by atoms with van der Waals surface area (Å²) in [4.78, 5) is 16.1. The Morgan fingerprint density at radius 1 is 1.62 bits per heavy atom. The number of nitrogens with zero attached hydrogens (tertiary/aromatic N) is 3. The number of nitrogens with two attached hydrogens (primary N) is 1. The Hall–Kier alpha value is -1.27. The van der Waals surface area contributed by atoms with Crippen LogP contribution >= 0.6 is 0 Å². The molecule has 0 amide bonds. The van der Waals surface area contributed by atoms with Crippen molar-refractivity contribution in [3.8, 4) is 0 Å². The van der Waals surface area contributed by atoms with E-state index in [1.807, 2.05) is 0 Å². The molecule has 2 N–H and O–H groups in total. The lowest BCUT2D eigenvalue weighted by Gasteiger charge is -2.31. The normalized spacial score (nSPS) is 19.6. The highest BCUT2D eigenvalue weighted by Gasteiger charge is 2.35. The monoisotopic (exact) mass is 224 g/mol. The highest BCUT2D eigenvalue weighted by Crippen LogP contribution is 2.20. The summed E-state index contributed by atoms with van der Waals surface area (Å²) in [5, 5.41) is 3.93. The fourth-order valence-electron chi connectivity index (χ4n) is 1.81. The molecule has 6 heteroatoms. The van der Waals surface area contributed by atoms with Crippen molar-refractivity contribution < 1.29 is 9.53 Å². The molecule has 88 valence electrons. The third-order valence-electron chi connectivity index (χ3n) is 3.06. The molecule has 0 saturated carbocycles. The summed E-state index contributed by atoms with van der Waals surface area (Å²) < 4.78 is 6.81. The van der Waals surface area contributed by atoms with Crippen LogP contribution in [-0.4, -0.2) is 39.3 Å². The van der Waals surface area contributed by atoms with Crippen molar-refractivity contribution in [1.82, 2.24) is 14.8 Å². The van der Waals surface area contributed by atoms with Crippen molar-refractivity contribution in [3.05, 3.63) is 12.2 Å². The zero-order valence-corrected chi connectivity index (χ0v) is 9.35. The van der Waals surface area contributed by atoms with Crippen molar-refractivity contribution in [2.75, 3.05) is 13.2 Å². The van der Waals surface area contributed by atoms with E-state index in [0.29, 0.717) is 31.9 Å². The van der Waals surface area contributed by atoms with Gasteiger partial charge in [0.25, 0.3) is 0 Å². The van der Waals surface area contributed by atoms with Crippen LogP contribution in [0.25, 0.3) is 0 Å². The third kappa shape index (κ3) is 2.12. The minimum atomic E-state index is -0.746. The van der Waals surface area contributed by atoms with Gasteiger partial charge in [-0.1, -0.05) is 0 Å². The summed E-state index contributed by atoms with van der Waals surface area (Å²) in [5.74, 6) is 0.674. The van der Waals surface area contributed by atoms with Crippen molar-refractivity contribution in [1.29, 1.82) is 0 Å². The number of carbonyl (C=O) groups excluding carboxylic acids is 1. The lowest BCUT2D eigenvalue weighted by molar-refractivity contribution is -0.127. The molecule has 0 radical (unpaired) electrons. The van der Waals surface area contributed by atoms with E-state index in [-0.39, 0.29) is 12.2 Å². The lowest BCUT2D eigenvalue weighted by Crippen LogP contribution is -2.52. The summed E-state index contributed by atoms with van der Waals surface area (Å²) in [5.41, 5.74) is 5.34. The molecule has 2 heterocycles. The summed E-state index contributed by atoms with van der Waals surface area (Å²) in [6.45, 7) is 1.11. The summed E-state index contributed by atoms with van der Waals surface area (Å²) in [6, 6.07) is 0. The standard InChI is InChI=1S/C10H16N4O2/c1-14-9(12-7-13-14)6-8(15)10(11)2-4-16-5-3-10/h7H,2-6,11H2,1H3. The first-order chi connectivity index (χ1) is 7.62. The number of ketones is 1. The molecule has 0 unspecified atom stereocenters. The van der Waals surface area contributed by atoms with Crippen molar-refractivity contribution >= 4 is 5.78 Å². The summed E-state index contributed by atoms with van der Waals surface area (Å²) >= 11 is 0. The third-order valence-corrected chi connectivity index (χ3v) is 3.06. The van der Waals surface area contributed by atoms with Crippen LogP contribution < -0.4 is 5.73 Å². The van der Waals surface area contributed by atoms with E-state index in [0.717, 1.165) is 0 Å². The maximum Gasteiger partial charge on any atom is 0.160 e. The fraction of sp³-hybridized carbons (Fsp3) is 0.700. The SMILES string of the molecule is Cn1ncnc1CC(=O)C1(N)CCOCC1. The number of hydrogen-bond donors (Lipinski definition) is 1. The maximum atomic E-state index is 12.1. The van der Waals surface area contributed by atoms with Gasteiger partial charge in [-0.3, -0.25) is 9.48 Å². The molecule has 1 fully saturated rings. The Morgan fingerprint density at radius 3 is 2.88 bits per heavy atom. The van der Waals surface area contributed by atoms with Crippen LogP contribution in [0.1, 0.15) is 18.7 Å². The minimum absolute atomic E-state index is 0.0203. The molecule has 0 spiro atoms. The summed E-state index contributed by atoms with van der Waals surface area (Å²) in [7, 11) is 1.77. The van der Waals surface area contributed by atoms with Crippen LogP contribution in [0.2, 0.25) is 0 Å². The molecule has 1 aromatic rings. The number of carbonyl (C=O) groups is 1. The van der Waals surface area contributed by atoms with E-state index >= 15 is 0 Å². The van der Waals surface area contributed by atoms with E-state index in [4.69, 9.17) is 10.5 Å². The smallest absolute Gasteiger partial charge is 0.160 e. The minimum Gasteiger partial charge on any atom is -0.381 e. The predicted octanol–water partition coefficient (Wildman–Crippen LogP) is -0.565. The van der Waals surface area contributed by atoms with Crippen LogP contribution in [0.15, 0.2) is 6.33 Å². The van der Waals surface area contributed by atoms with Gasteiger partial charge in [0, 0.05) is 20.3 Å². The highest BCUT2D eigenvalue weighted by atomic mass is 16.5. The van der Waals surface area contributed by atoms with E-state index in [9.17, 15) is 4.79 Å². The number of aromatic nitrogens is 3. The number of ether oxygens (including phenoxy) is 1. The molecule has 1 aliphatic heterocycles. The molecule has 1 aliphatic rings. The van der Waals surface area contributed by atoms with Gasteiger partial charge in [-0.2, -0.15) is 5.10 Å². The van der Waals surface area contributed by atoms with Crippen LogP contribution in [0.3, 0.4) is 0 Å². The fourth-order valence-corrected chi connectivity index (χ4v) is 1.81. The number of Topliss-reactive ketones (excluding diaryl/α,β-unsaturated/α-hetero) is 1. The molecule has 2 rings (SSSR count).